The second-order valence-electron chi connectivity index (χ2n) is 5.26. The lowest BCUT2D eigenvalue weighted by atomic mass is 9.95. The van der Waals surface area contributed by atoms with E-state index in [1.54, 1.807) is 0 Å². The fourth-order valence-electron chi connectivity index (χ4n) is 1.82. The van der Waals surface area contributed by atoms with Crippen molar-refractivity contribution in [3.05, 3.63) is 11.6 Å². The molecule has 2 aliphatic rings. The molecule has 0 saturated carbocycles. The lowest BCUT2D eigenvalue weighted by Crippen LogP contribution is -2.40. The fraction of sp³-hybridized carbons (Fsp3) is 0.833. The summed E-state index contributed by atoms with van der Waals surface area (Å²) in [4.78, 5) is 0. The van der Waals surface area contributed by atoms with E-state index in [1.807, 2.05) is 0 Å². The highest BCUT2D eigenvalue weighted by Crippen LogP contribution is 2.47. The van der Waals surface area contributed by atoms with Gasteiger partial charge in [-0.2, -0.15) is 0 Å². The highest BCUT2D eigenvalue weighted by atomic mass is 16.7. The van der Waals surface area contributed by atoms with Crippen LogP contribution in [0.1, 0.15) is 33.1 Å². The van der Waals surface area contributed by atoms with E-state index in [4.69, 9.17) is 14.6 Å². The quantitative estimate of drug-likeness (QED) is 0.571. The van der Waals surface area contributed by atoms with Crippen LogP contribution in [0.3, 0.4) is 0 Å². The molecule has 1 heterocycles. The Kier molecular flexibility index (Phi) is 2.88. The van der Waals surface area contributed by atoms with Crippen LogP contribution in [0.5, 0.6) is 0 Å². The summed E-state index contributed by atoms with van der Waals surface area (Å²) < 4.78 is 11.5. The van der Waals surface area contributed by atoms with E-state index in [0.29, 0.717) is 0 Å². The van der Waals surface area contributed by atoms with Crippen molar-refractivity contribution in [2.45, 2.75) is 38.9 Å². The van der Waals surface area contributed by atoms with Crippen molar-refractivity contribution >= 4 is 0 Å². The van der Waals surface area contributed by atoms with E-state index in [0.717, 1.165) is 32.5 Å². The molecule has 1 fully saturated rings. The Morgan fingerprint density at radius 1 is 1.27 bits per heavy atom. The van der Waals surface area contributed by atoms with Crippen molar-refractivity contribution < 1.29 is 14.6 Å². The zero-order valence-electron chi connectivity index (χ0n) is 9.58. The summed E-state index contributed by atoms with van der Waals surface area (Å²) in [6.07, 6.45) is 4.93. The molecule has 0 radical (unpaired) electrons. The summed E-state index contributed by atoms with van der Waals surface area (Å²) >= 11 is 0. The van der Waals surface area contributed by atoms with Gasteiger partial charge in [-0.3, -0.25) is 0 Å². The SMILES string of the molecule is CC1(C)COC2(C=C2CCCCO)OC1. The molecule has 3 heteroatoms. The average molecular weight is 212 g/mol. The Bertz CT molecular complexity index is 258. The lowest BCUT2D eigenvalue weighted by Gasteiger charge is -2.36. The third kappa shape index (κ3) is 2.41. The van der Waals surface area contributed by atoms with Gasteiger partial charge in [-0.1, -0.05) is 13.8 Å². The Labute approximate surface area is 91.1 Å². The van der Waals surface area contributed by atoms with Crippen LogP contribution in [-0.2, 0) is 9.47 Å². The number of aliphatic hydroxyl groups excluding tert-OH is 1. The minimum absolute atomic E-state index is 0.137. The summed E-state index contributed by atoms with van der Waals surface area (Å²) in [5, 5.41) is 8.69. The molecule has 1 saturated heterocycles. The van der Waals surface area contributed by atoms with Crippen molar-refractivity contribution in [1.29, 1.82) is 0 Å². The normalized spacial score (nSPS) is 26.5. The van der Waals surface area contributed by atoms with Gasteiger partial charge in [0.25, 0.3) is 0 Å². The van der Waals surface area contributed by atoms with Gasteiger partial charge in [0.15, 0.2) is 0 Å². The van der Waals surface area contributed by atoms with Gasteiger partial charge in [0.2, 0.25) is 5.79 Å². The first-order valence-corrected chi connectivity index (χ1v) is 5.69. The zero-order valence-corrected chi connectivity index (χ0v) is 9.58. The molecule has 0 unspecified atom stereocenters. The monoisotopic (exact) mass is 212 g/mol. The molecule has 1 N–H and O–H groups in total. The minimum atomic E-state index is -0.440. The van der Waals surface area contributed by atoms with Crippen LogP contribution in [0.15, 0.2) is 11.6 Å². The van der Waals surface area contributed by atoms with Crippen LogP contribution >= 0.6 is 0 Å². The van der Waals surface area contributed by atoms with Crippen molar-refractivity contribution in [2.24, 2.45) is 5.41 Å². The highest BCUT2D eigenvalue weighted by molar-refractivity contribution is 5.39. The van der Waals surface area contributed by atoms with Gasteiger partial charge < -0.3 is 14.6 Å². The first-order chi connectivity index (χ1) is 7.08. The first kappa shape index (κ1) is 11.1. The number of unbranched alkanes of at least 4 members (excludes halogenated alkanes) is 1. The van der Waals surface area contributed by atoms with Gasteiger partial charge in [-0.05, 0) is 30.9 Å². The molecule has 1 spiro atoms. The molecular weight excluding hydrogens is 192 g/mol. The van der Waals surface area contributed by atoms with Crippen molar-refractivity contribution in [1.82, 2.24) is 0 Å². The highest BCUT2D eigenvalue weighted by Gasteiger charge is 2.50. The second-order valence-corrected chi connectivity index (χ2v) is 5.26. The van der Waals surface area contributed by atoms with Gasteiger partial charge in [0.05, 0.1) is 13.2 Å². The third-order valence-corrected chi connectivity index (χ3v) is 2.94. The van der Waals surface area contributed by atoms with Crippen LogP contribution < -0.4 is 0 Å². The van der Waals surface area contributed by atoms with Gasteiger partial charge in [0, 0.05) is 12.0 Å². The number of hydrogen-bond donors (Lipinski definition) is 1. The average Bonchev–Trinajstić information content (AvgIpc) is 2.87. The maximum absolute atomic E-state index is 8.69. The van der Waals surface area contributed by atoms with E-state index in [9.17, 15) is 0 Å². The second kappa shape index (κ2) is 3.89. The van der Waals surface area contributed by atoms with Gasteiger partial charge in [0.1, 0.15) is 0 Å². The van der Waals surface area contributed by atoms with Crippen LogP contribution in [0.4, 0.5) is 0 Å². The van der Waals surface area contributed by atoms with Crippen LogP contribution in [0, 0.1) is 5.41 Å². The van der Waals surface area contributed by atoms with Crippen molar-refractivity contribution in [3.8, 4) is 0 Å². The van der Waals surface area contributed by atoms with Crippen molar-refractivity contribution in [3.63, 3.8) is 0 Å². The molecule has 0 bridgehead atoms. The summed E-state index contributed by atoms with van der Waals surface area (Å²) in [6.45, 7) is 6.08. The maximum Gasteiger partial charge on any atom is 0.211 e. The van der Waals surface area contributed by atoms with E-state index in [1.165, 1.54) is 5.57 Å². The largest absolute Gasteiger partial charge is 0.396 e. The molecule has 1 aliphatic carbocycles. The summed E-state index contributed by atoms with van der Waals surface area (Å²) in [5.74, 6) is -0.440. The van der Waals surface area contributed by atoms with Crippen LogP contribution in [0.25, 0.3) is 0 Å². The van der Waals surface area contributed by atoms with E-state index in [-0.39, 0.29) is 12.0 Å². The van der Waals surface area contributed by atoms with Gasteiger partial charge in [-0.15, -0.1) is 0 Å². The standard InChI is InChI=1S/C12H20O3/c1-11(2)8-14-12(15-9-11)7-10(12)5-3-4-6-13/h7,13H,3-6,8-9H2,1-2H3. The molecule has 1 aliphatic heterocycles. The Balaban J connectivity index is 1.74. The van der Waals surface area contributed by atoms with E-state index in [2.05, 4.69) is 19.9 Å². The van der Waals surface area contributed by atoms with Crippen LogP contribution in [-0.4, -0.2) is 30.7 Å². The molecule has 2 rings (SSSR count). The molecular formula is C12H20O3. The number of rotatable bonds is 4. The topological polar surface area (TPSA) is 38.7 Å². The summed E-state index contributed by atoms with van der Waals surface area (Å²) in [6, 6.07) is 0. The predicted molar refractivity (Wildman–Crippen MR) is 57.4 cm³/mol. The summed E-state index contributed by atoms with van der Waals surface area (Å²) in [7, 11) is 0. The number of aliphatic hydroxyl groups is 1. The van der Waals surface area contributed by atoms with E-state index < -0.39 is 5.79 Å². The first-order valence-electron chi connectivity index (χ1n) is 5.69. The molecule has 0 atom stereocenters. The molecule has 0 aromatic rings. The Morgan fingerprint density at radius 2 is 1.93 bits per heavy atom. The molecule has 0 aromatic heterocycles. The Hall–Kier alpha value is -0.380. The smallest absolute Gasteiger partial charge is 0.211 e. The molecule has 3 nitrogen and oxygen atoms in total. The van der Waals surface area contributed by atoms with Crippen molar-refractivity contribution in [2.75, 3.05) is 19.8 Å². The Morgan fingerprint density at radius 3 is 2.53 bits per heavy atom. The maximum atomic E-state index is 8.69. The fourth-order valence-corrected chi connectivity index (χ4v) is 1.82. The van der Waals surface area contributed by atoms with Crippen LogP contribution in [0.2, 0.25) is 0 Å². The lowest BCUT2D eigenvalue weighted by molar-refractivity contribution is -0.230. The third-order valence-electron chi connectivity index (χ3n) is 2.94. The van der Waals surface area contributed by atoms with E-state index >= 15 is 0 Å². The molecule has 0 aromatic carbocycles. The van der Waals surface area contributed by atoms with Gasteiger partial charge >= 0.3 is 0 Å². The number of ether oxygens (including phenoxy) is 2. The summed E-state index contributed by atoms with van der Waals surface area (Å²) in [5.41, 5.74) is 1.39. The minimum Gasteiger partial charge on any atom is -0.396 e. The number of hydrogen-bond acceptors (Lipinski definition) is 3. The predicted octanol–water partition coefficient (Wildman–Crippen LogP) is 1.86. The molecule has 86 valence electrons. The molecule has 15 heavy (non-hydrogen) atoms. The van der Waals surface area contributed by atoms with Gasteiger partial charge in [-0.25, -0.2) is 0 Å². The zero-order chi connectivity index (χ0) is 10.9. The molecule has 0 amide bonds.